The van der Waals surface area contributed by atoms with Crippen molar-refractivity contribution in [2.45, 2.75) is 37.4 Å². The highest BCUT2D eigenvalue weighted by molar-refractivity contribution is 7.99. The molecule has 1 fully saturated rings. The van der Waals surface area contributed by atoms with Crippen LogP contribution >= 0.6 is 11.8 Å². The molecule has 1 saturated heterocycles. The van der Waals surface area contributed by atoms with E-state index in [4.69, 9.17) is 9.47 Å². The molecule has 0 saturated carbocycles. The van der Waals surface area contributed by atoms with Crippen LogP contribution in [0.15, 0.2) is 53.7 Å². The lowest BCUT2D eigenvalue weighted by Gasteiger charge is -2.31. The van der Waals surface area contributed by atoms with Gasteiger partial charge in [-0.1, -0.05) is 24.2 Å². The number of carbonyl (C=O) groups is 1. The maximum absolute atomic E-state index is 12.6. The fourth-order valence-electron chi connectivity index (χ4n) is 4.12. The number of benzene rings is 2. The van der Waals surface area contributed by atoms with Crippen LogP contribution in [0.3, 0.4) is 0 Å². The Kier molecular flexibility index (Phi) is 8.08. The Morgan fingerprint density at radius 3 is 2.47 bits per heavy atom. The summed E-state index contributed by atoms with van der Waals surface area (Å²) in [5, 5.41) is 12.6. The van der Waals surface area contributed by atoms with Gasteiger partial charge in [-0.05, 0) is 69.3 Å². The van der Waals surface area contributed by atoms with Gasteiger partial charge in [-0.2, -0.15) is 0 Å². The first-order valence-corrected chi connectivity index (χ1v) is 12.5. The van der Waals surface area contributed by atoms with Crippen molar-refractivity contribution >= 4 is 23.4 Å². The zero-order chi connectivity index (χ0) is 23.9. The molecule has 0 spiro atoms. The quantitative estimate of drug-likeness (QED) is 0.449. The molecule has 1 aliphatic heterocycles. The van der Waals surface area contributed by atoms with E-state index in [2.05, 4.69) is 31.9 Å². The molecule has 0 radical (unpaired) electrons. The zero-order valence-corrected chi connectivity index (χ0v) is 20.7. The normalized spacial score (nSPS) is 15.0. The van der Waals surface area contributed by atoms with Gasteiger partial charge in [0.25, 0.3) is 0 Å². The molecule has 9 heteroatoms. The van der Waals surface area contributed by atoms with E-state index in [9.17, 15) is 4.79 Å². The van der Waals surface area contributed by atoms with Crippen molar-refractivity contribution in [3.05, 3.63) is 54.4 Å². The highest BCUT2D eigenvalue weighted by atomic mass is 32.2. The molecule has 180 valence electrons. The maximum Gasteiger partial charge on any atom is 0.234 e. The van der Waals surface area contributed by atoms with E-state index in [0.717, 1.165) is 30.4 Å². The van der Waals surface area contributed by atoms with E-state index < -0.39 is 0 Å². The highest BCUT2D eigenvalue weighted by Gasteiger charge is 2.26. The SMILES string of the molecule is COc1ccc(-n2c(SCC(=O)Nc3cccc(OC)c3)nnc2[C@H](C)N2CCCCC2)cc1. The zero-order valence-electron chi connectivity index (χ0n) is 19.9. The van der Waals surface area contributed by atoms with Crippen LogP contribution in [-0.2, 0) is 4.79 Å². The molecule has 2 heterocycles. The maximum atomic E-state index is 12.6. The van der Waals surface area contributed by atoms with Crippen LogP contribution in [0.25, 0.3) is 5.69 Å². The lowest BCUT2D eigenvalue weighted by Crippen LogP contribution is -2.33. The van der Waals surface area contributed by atoms with Crippen molar-refractivity contribution < 1.29 is 14.3 Å². The van der Waals surface area contributed by atoms with Gasteiger partial charge < -0.3 is 14.8 Å². The summed E-state index contributed by atoms with van der Waals surface area (Å²) in [5.41, 5.74) is 1.64. The summed E-state index contributed by atoms with van der Waals surface area (Å²) in [6.07, 6.45) is 3.68. The number of nitrogens with one attached hydrogen (secondary N) is 1. The van der Waals surface area contributed by atoms with Crippen molar-refractivity contribution in [2.24, 2.45) is 0 Å². The number of anilines is 1. The van der Waals surface area contributed by atoms with Crippen molar-refractivity contribution in [1.29, 1.82) is 0 Å². The molecule has 1 aromatic heterocycles. The number of ether oxygens (including phenoxy) is 2. The number of piperidine rings is 1. The third kappa shape index (κ3) is 5.71. The topological polar surface area (TPSA) is 81.5 Å². The highest BCUT2D eigenvalue weighted by Crippen LogP contribution is 2.30. The van der Waals surface area contributed by atoms with Crippen molar-refractivity contribution in [1.82, 2.24) is 19.7 Å². The second kappa shape index (κ2) is 11.4. The summed E-state index contributed by atoms with van der Waals surface area (Å²) in [4.78, 5) is 15.1. The van der Waals surface area contributed by atoms with E-state index in [-0.39, 0.29) is 17.7 Å². The minimum Gasteiger partial charge on any atom is -0.497 e. The molecule has 1 amide bonds. The van der Waals surface area contributed by atoms with Gasteiger partial charge in [-0.15, -0.1) is 10.2 Å². The molecule has 4 rings (SSSR count). The first kappa shape index (κ1) is 24.1. The average molecular weight is 482 g/mol. The molecule has 3 aromatic rings. The number of amides is 1. The minimum atomic E-state index is -0.117. The lowest BCUT2D eigenvalue weighted by atomic mass is 10.1. The van der Waals surface area contributed by atoms with Crippen LogP contribution in [0.2, 0.25) is 0 Å². The Morgan fingerprint density at radius 1 is 1.03 bits per heavy atom. The molecule has 0 unspecified atom stereocenters. The Hall–Kier alpha value is -3.04. The van der Waals surface area contributed by atoms with Crippen LogP contribution in [0.1, 0.15) is 38.1 Å². The monoisotopic (exact) mass is 481 g/mol. The first-order valence-electron chi connectivity index (χ1n) is 11.5. The van der Waals surface area contributed by atoms with Crippen LogP contribution in [-0.4, -0.2) is 58.6 Å². The molecular weight excluding hydrogens is 450 g/mol. The third-order valence-electron chi connectivity index (χ3n) is 5.99. The van der Waals surface area contributed by atoms with Crippen LogP contribution in [0, 0.1) is 0 Å². The largest absolute Gasteiger partial charge is 0.497 e. The predicted molar refractivity (Wildman–Crippen MR) is 134 cm³/mol. The Bertz CT molecular complexity index is 1100. The van der Waals surface area contributed by atoms with E-state index in [1.165, 1.54) is 31.0 Å². The molecule has 34 heavy (non-hydrogen) atoms. The minimum absolute atomic E-state index is 0.117. The van der Waals surface area contributed by atoms with Gasteiger partial charge in [-0.25, -0.2) is 0 Å². The lowest BCUT2D eigenvalue weighted by molar-refractivity contribution is -0.113. The van der Waals surface area contributed by atoms with Crippen LogP contribution in [0.5, 0.6) is 11.5 Å². The fourth-order valence-corrected chi connectivity index (χ4v) is 4.88. The molecule has 1 aliphatic rings. The van der Waals surface area contributed by atoms with Gasteiger partial charge in [0.15, 0.2) is 11.0 Å². The first-order chi connectivity index (χ1) is 16.6. The average Bonchev–Trinajstić information content (AvgIpc) is 3.31. The Morgan fingerprint density at radius 2 is 1.76 bits per heavy atom. The second-order valence-electron chi connectivity index (χ2n) is 8.22. The van der Waals surface area contributed by atoms with Gasteiger partial charge in [0.1, 0.15) is 11.5 Å². The van der Waals surface area contributed by atoms with Crippen molar-refractivity contribution in [3.8, 4) is 17.2 Å². The van der Waals surface area contributed by atoms with Crippen molar-refractivity contribution in [3.63, 3.8) is 0 Å². The van der Waals surface area contributed by atoms with Gasteiger partial charge in [0.05, 0.1) is 26.0 Å². The summed E-state index contributed by atoms with van der Waals surface area (Å²) in [5.74, 6) is 2.45. The summed E-state index contributed by atoms with van der Waals surface area (Å²) in [7, 11) is 3.26. The number of methoxy groups -OCH3 is 2. The van der Waals surface area contributed by atoms with E-state index in [0.29, 0.717) is 16.6 Å². The second-order valence-corrected chi connectivity index (χ2v) is 9.16. The number of nitrogens with zero attached hydrogens (tertiary/aromatic N) is 4. The number of rotatable bonds is 9. The molecule has 0 aliphatic carbocycles. The number of hydrogen-bond acceptors (Lipinski definition) is 7. The summed E-state index contributed by atoms with van der Waals surface area (Å²) in [6.45, 7) is 4.30. The number of aromatic nitrogens is 3. The smallest absolute Gasteiger partial charge is 0.234 e. The number of likely N-dealkylation sites (tertiary alicyclic amines) is 1. The molecule has 2 aromatic carbocycles. The van der Waals surface area contributed by atoms with Gasteiger partial charge >= 0.3 is 0 Å². The third-order valence-corrected chi connectivity index (χ3v) is 6.92. The Labute approximate surface area is 204 Å². The van der Waals surface area contributed by atoms with Crippen LogP contribution in [0.4, 0.5) is 5.69 Å². The molecule has 1 atom stereocenters. The Balaban J connectivity index is 1.54. The number of carbonyl (C=O) groups excluding carboxylic acids is 1. The van der Waals surface area contributed by atoms with Crippen molar-refractivity contribution in [2.75, 3.05) is 38.4 Å². The summed E-state index contributed by atoms with van der Waals surface area (Å²) in [6, 6.07) is 15.3. The fraction of sp³-hybridized carbons (Fsp3) is 0.400. The van der Waals surface area contributed by atoms with E-state index in [1.807, 2.05) is 42.5 Å². The molecule has 8 nitrogen and oxygen atoms in total. The summed E-state index contributed by atoms with van der Waals surface area (Å²) >= 11 is 1.37. The van der Waals surface area contributed by atoms with Gasteiger partial charge in [0, 0.05) is 17.4 Å². The number of hydrogen-bond donors (Lipinski definition) is 1. The standard InChI is InChI=1S/C25H31N5O3S/c1-18(29-14-5-4-6-15-29)24-27-28-25(30(24)20-10-12-21(32-2)13-11-20)34-17-23(31)26-19-8-7-9-22(16-19)33-3/h7-13,16,18H,4-6,14-15,17H2,1-3H3,(H,26,31)/t18-/m0/s1. The van der Waals surface area contributed by atoms with E-state index in [1.54, 1.807) is 20.3 Å². The molecular formula is C25H31N5O3S. The van der Waals surface area contributed by atoms with Crippen LogP contribution < -0.4 is 14.8 Å². The van der Waals surface area contributed by atoms with Gasteiger partial charge in [-0.3, -0.25) is 14.3 Å². The summed E-state index contributed by atoms with van der Waals surface area (Å²) < 4.78 is 12.6. The van der Waals surface area contributed by atoms with Gasteiger partial charge in [0.2, 0.25) is 5.91 Å². The number of thioether (sulfide) groups is 1. The molecule has 0 bridgehead atoms. The predicted octanol–water partition coefficient (Wildman–Crippen LogP) is 4.56. The molecule has 1 N–H and O–H groups in total. The van der Waals surface area contributed by atoms with E-state index >= 15 is 0 Å².